The number of aliphatic hydroxyl groups excluding tert-OH is 1. The van der Waals surface area contributed by atoms with Crippen LogP contribution in [0.2, 0.25) is 0 Å². The molecule has 6 heteroatoms. The van der Waals surface area contributed by atoms with Crippen molar-refractivity contribution in [2.24, 2.45) is 5.92 Å². The molecule has 0 saturated heterocycles. The predicted molar refractivity (Wildman–Crippen MR) is 71.3 cm³/mol. The Hall–Kier alpha value is -1.14. The van der Waals surface area contributed by atoms with Gasteiger partial charge in [0.25, 0.3) is 5.91 Å². The minimum absolute atomic E-state index is 0.0288. The highest BCUT2D eigenvalue weighted by molar-refractivity contribution is 9.10. The monoisotopic (exact) mass is 331 g/mol. The molecule has 0 radical (unpaired) electrons. The molecule has 1 aromatic carbocycles. The molecule has 1 aliphatic rings. The van der Waals surface area contributed by atoms with Gasteiger partial charge < -0.3 is 15.2 Å². The lowest BCUT2D eigenvalue weighted by Crippen LogP contribution is -2.36. The van der Waals surface area contributed by atoms with Crippen molar-refractivity contribution >= 4 is 21.8 Å². The van der Waals surface area contributed by atoms with Gasteiger partial charge in [0, 0.05) is 11.0 Å². The number of hydrogen-bond acceptors (Lipinski definition) is 3. The Morgan fingerprint density at radius 1 is 1.58 bits per heavy atom. The van der Waals surface area contributed by atoms with Gasteiger partial charge >= 0.3 is 0 Å². The van der Waals surface area contributed by atoms with Crippen LogP contribution in [0.25, 0.3) is 0 Å². The van der Waals surface area contributed by atoms with Crippen LogP contribution in [0.5, 0.6) is 5.75 Å². The number of nitrogens with one attached hydrogen (secondary N) is 1. The van der Waals surface area contributed by atoms with Gasteiger partial charge in [0.2, 0.25) is 0 Å². The first kappa shape index (κ1) is 14.3. The van der Waals surface area contributed by atoms with E-state index in [-0.39, 0.29) is 24.8 Å². The van der Waals surface area contributed by atoms with Crippen LogP contribution in [-0.2, 0) is 4.79 Å². The molecular formula is C13H15BrFNO3. The van der Waals surface area contributed by atoms with Crippen LogP contribution < -0.4 is 10.1 Å². The van der Waals surface area contributed by atoms with Crippen molar-refractivity contribution in [2.45, 2.75) is 18.9 Å². The van der Waals surface area contributed by atoms with E-state index in [1.165, 1.54) is 12.1 Å². The summed E-state index contributed by atoms with van der Waals surface area (Å²) in [4.78, 5) is 11.5. The SMILES string of the molecule is O=C(COc1ccc(Br)cc1F)NCC(O)C1CC1. The third-order valence-electron chi connectivity index (χ3n) is 2.93. The molecule has 0 spiro atoms. The smallest absolute Gasteiger partial charge is 0.258 e. The molecule has 19 heavy (non-hydrogen) atoms. The zero-order chi connectivity index (χ0) is 13.8. The first-order chi connectivity index (χ1) is 9.06. The third kappa shape index (κ3) is 4.47. The molecule has 1 aliphatic carbocycles. The summed E-state index contributed by atoms with van der Waals surface area (Å²) < 4.78 is 19.1. The molecule has 2 N–H and O–H groups in total. The van der Waals surface area contributed by atoms with Gasteiger partial charge in [-0.05, 0) is 37.0 Å². The van der Waals surface area contributed by atoms with Crippen LogP contribution in [-0.4, -0.2) is 30.3 Å². The molecule has 0 aliphatic heterocycles. The first-order valence-corrected chi connectivity index (χ1v) is 6.88. The van der Waals surface area contributed by atoms with Gasteiger partial charge in [0.1, 0.15) is 0 Å². The lowest BCUT2D eigenvalue weighted by molar-refractivity contribution is -0.123. The molecule has 1 aromatic rings. The highest BCUT2D eigenvalue weighted by Gasteiger charge is 2.29. The molecule has 2 rings (SSSR count). The molecule has 0 heterocycles. The van der Waals surface area contributed by atoms with Crippen molar-refractivity contribution in [3.63, 3.8) is 0 Å². The van der Waals surface area contributed by atoms with E-state index in [1.54, 1.807) is 6.07 Å². The number of ether oxygens (including phenoxy) is 1. The standard InChI is InChI=1S/C13H15BrFNO3/c14-9-3-4-12(10(15)5-9)19-7-13(18)16-6-11(17)8-1-2-8/h3-5,8,11,17H,1-2,6-7H2,(H,16,18). The largest absolute Gasteiger partial charge is 0.481 e. The van der Waals surface area contributed by atoms with Crippen molar-refractivity contribution in [3.05, 3.63) is 28.5 Å². The van der Waals surface area contributed by atoms with Gasteiger partial charge in [-0.15, -0.1) is 0 Å². The fraction of sp³-hybridized carbons (Fsp3) is 0.462. The van der Waals surface area contributed by atoms with E-state index < -0.39 is 11.9 Å². The van der Waals surface area contributed by atoms with Gasteiger partial charge in [-0.3, -0.25) is 4.79 Å². The van der Waals surface area contributed by atoms with Crippen LogP contribution in [0.4, 0.5) is 4.39 Å². The van der Waals surface area contributed by atoms with Crippen LogP contribution in [0.3, 0.4) is 0 Å². The van der Waals surface area contributed by atoms with E-state index in [2.05, 4.69) is 21.2 Å². The molecule has 0 aromatic heterocycles. The van der Waals surface area contributed by atoms with E-state index in [0.29, 0.717) is 10.4 Å². The molecule has 0 bridgehead atoms. The summed E-state index contributed by atoms with van der Waals surface area (Å²) in [6.45, 7) is -0.0500. The average molecular weight is 332 g/mol. The van der Waals surface area contributed by atoms with Crippen molar-refractivity contribution in [1.29, 1.82) is 0 Å². The van der Waals surface area contributed by atoms with Crippen LogP contribution >= 0.6 is 15.9 Å². The lowest BCUT2D eigenvalue weighted by Gasteiger charge is -2.11. The van der Waals surface area contributed by atoms with Gasteiger partial charge in [0.05, 0.1) is 6.10 Å². The molecule has 1 unspecified atom stereocenters. The van der Waals surface area contributed by atoms with Crippen molar-refractivity contribution < 1.29 is 19.0 Å². The number of amides is 1. The van der Waals surface area contributed by atoms with Gasteiger partial charge in [-0.2, -0.15) is 0 Å². The maximum atomic E-state index is 13.4. The van der Waals surface area contributed by atoms with Gasteiger partial charge in [0.15, 0.2) is 18.2 Å². The number of carbonyl (C=O) groups is 1. The highest BCUT2D eigenvalue weighted by Crippen LogP contribution is 2.32. The third-order valence-corrected chi connectivity index (χ3v) is 3.42. The Kier molecular flexibility index (Phi) is 4.76. The number of aliphatic hydroxyl groups is 1. The van der Waals surface area contributed by atoms with E-state index in [0.717, 1.165) is 12.8 Å². The predicted octanol–water partition coefficient (Wildman–Crippen LogP) is 1.85. The number of carbonyl (C=O) groups excluding carboxylic acids is 1. The maximum absolute atomic E-state index is 13.4. The molecule has 1 fully saturated rings. The first-order valence-electron chi connectivity index (χ1n) is 6.09. The fourth-order valence-electron chi connectivity index (χ4n) is 1.65. The minimum Gasteiger partial charge on any atom is -0.481 e. The lowest BCUT2D eigenvalue weighted by atomic mass is 10.2. The Morgan fingerprint density at radius 2 is 2.32 bits per heavy atom. The highest BCUT2D eigenvalue weighted by atomic mass is 79.9. The minimum atomic E-state index is -0.528. The molecule has 104 valence electrons. The summed E-state index contributed by atoms with van der Waals surface area (Å²) in [7, 11) is 0. The Labute approximate surface area is 119 Å². The average Bonchev–Trinajstić information content (AvgIpc) is 3.19. The molecule has 1 saturated carbocycles. The Balaban J connectivity index is 1.73. The van der Waals surface area contributed by atoms with E-state index >= 15 is 0 Å². The number of hydrogen-bond donors (Lipinski definition) is 2. The maximum Gasteiger partial charge on any atom is 0.258 e. The zero-order valence-electron chi connectivity index (χ0n) is 10.2. The molecule has 1 amide bonds. The summed E-state index contributed by atoms with van der Waals surface area (Å²) in [6.07, 6.45) is 1.53. The van der Waals surface area contributed by atoms with Crippen LogP contribution in [0, 0.1) is 11.7 Å². The number of rotatable bonds is 6. The summed E-state index contributed by atoms with van der Waals surface area (Å²) >= 11 is 3.13. The summed E-state index contributed by atoms with van der Waals surface area (Å²) in [5, 5.41) is 12.1. The summed E-state index contributed by atoms with van der Waals surface area (Å²) in [5.41, 5.74) is 0. The molecule has 1 atom stereocenters. The molecular weight excluding hydrogens is 317 g/mol. The van der Waals surface area contributed by atoms with E-state index in [9.17, 15) is 14.3 Å². The normalized spacial score (nSPS) is 15.9. The fourth-order valence-corrected chi connectivity index (χ4v) is 1.99. The van der Waals surface area contributed by atoms with Crippen LogP contribution in [0.15, 0.2) is 22.7 Å². The molecule has 4 nitrogen and oxygen atoms in total. The summed E-state index contributed by atoms with van der Waals surface area (Å²) in [6, 6.07) is 4.35. The Morgan fingerprint density at radius 3 is 2.95 bits per heavy atom. The van der Waals surface area contributed by atoms with Crippen LogP contribution in [0.1, 0.15) is 12.8 Å². The Bertz CT molecular complexity index is 465. The summed E-state index contributed by atoms with van der Waals surface area (Å²) in [5.74, 6) is -0.562. The second kappa shape index (κ2) is 6.34. The van der Waals surface area contributed by atoms with E-state index in [1.807, 2.05) is 0 Å². The van der Waals surface area contributed by atoms with Gasteiger partial charge in [-0.25, -0.2) is 4.39 Å². The van der Waals surface area contributed by atoms with Gasteiger partial charge in [-0.1, -0.05) is 15.9 Å². The van der Waals surface area contributed by atoms with E-state index in [4.69, 9.17) is 4.74 Å². The second-order valence-electron chi connectivity index (χ2n) is 4.57. The zero-order valence-corrected chi connectivity index (χ0v) is 11.8. The van der Waals surface area contributed by atoms with Crippen molar-refractivity contribution in [2.75, 3.05) is 13.2 Å². The topological polar surface area (TPSA) is 58.6 Å². The number of halogens is 2. The second-order valence-corrected chi connectivity index (χ2v) is 5.49. The van der Waals surface area contributed by atoms with Crippen molar-refractivity contribution in [3.8, 4) is 5.75 Å². The van der Waals surface area contributed by atoms with Crippen molar-refractivity contribution in [1.82, 2.24) is 5.32 Å². The number of benzene rings is 1. The quantitative estimate of drug-likeness (QED) is 0.836.